The molecule has 0 aromatic heterocycles. The summed E-state index contributed by atoms with van der Waals surface area (Å²) in [5, 5.41) is 0. The molecule has 1 atom stereocenters. The van der Waals surface area contributed by atoms with Crippen molar-refractivity contribution in [2.45, 2.75) is 19.4 Å². The Morgan fingerprint density at radius 3 is 3.11 bits per heavy atom. The molecule has 19 heavy (non-hydrogen) atoms. The van der Waals surface area contributed by atoms with E-state index >= 15 is 0 Å². The molecule has 1 aromatic rings. The predicted molar refractivity (Wildman–Crippen MR) is 74.9 cm³/mol. The van der Waals surface area contributed by atoms with Crippen LogP contribution < -0.4 is 0 Å². The zero-order valence-corrected chi connectivity index (χ0v) is 12.5. The number of morpholine rings is 1. The van der Waals surface area contributed by atoms with Crippen molar-refractivity contribution in [3.05, 3.63) is 34.1 Å². The Morgan fingerprint density at radius 1 is 1.58 bits per heavy atom. The first-order valence-corrected chi connectivity index (χ1v) is 7.24. The molecule has 1 fully saturated rings. The Kier molecular flexibility index (Phi) is 5.07. The van der Waals surface area contributed by atoms with Crippen LogP contribution in [0.1, 0.15) is 23.7 Å². The average molecular weight is 330 g/mol. The van der Waals surface area contributed by atoms with Crippen molar-refractivity contribution in [3.8, 4) is 0 Å². The van der Waals surface area contributed by atoms with Crippen LogP contribution in [-0.4, -0.2) is 43.0 Å². The lowest BCUT2D eigenvalue weighted by Gasteiger charge is -2.31. The van der Waals surface area contributed by atoms with Crippen molar-refractivity contribution in [1.82, 2.24) is 4.90 Å². The van der Waals surface area contributed by atoms with Crippen LogP contribution in [0.3, 0.4) is 0 Å². The number of halogens is 2. The third-order valence-electron chi connectivity index (χ3n) is 3.18. The van der Waals surface area contributed by atoms with Gasteiger partial charge in [-0.15, -0.1) is 0 Å². The van der Waals surface area contributed by atoms with Crippen LogP contribution in [0.25, 0.3) is 0 Å². The lowest BCUT2D eigenvalue weighted by molar-refractivity contribution is -0.0165. The maximum Gasteiger partial charge on any atom is 0.195 e. The van der Waals surface area contributed by atoms with Crippen molar-refractivity contribution < 1.29 is 13.9 Å². The number of benzene rings is 1. The SMILES string of the molecule is CCCN1CCOC(C(=O)c2cc(Br)ccc2F)C1. The third kappa shape index (κ3) is 3.61. The summed E-state index contributed by atoms with van der Waals surface area (Å²) in [6.45, 7) is 4.93. The largest absolute Gasteiger partial charge is 0.367 e. The number of hydrogen-bond donors (Lipinski definition) is 0. The van der Waals surface area contributed by atoms with E-state index in [9.17, 15) is 9.18 Å². The summed E-state index contributed by atoms with van der Waals surface area (Å²) in [5.74, 6) is -0.774. The van der Waals surface area contributed by atoms with Crippen LogP contribution in [-0.2, 0) is 4.74 Å². The Bertz CT molecular complexity index is 465. The van der Waals surface area contributed by atoms with E-state index < -0.39 is 11.9 Å². The maximum absolute atomic E-state index is 13.7. The fourth-order valence-corrected chi connectivity index (χ4v) is 2.60. The Balaban J connectivity index is 2.12. The molecule has 0 saturated carbocycles. The summed E-state index contributed by atoms with van der Waals surface area (Å²) in [5.41, 5.74) is 0.0951. The molecular weight excluding hydrogens is 313 g/mol. The molecule has 104 valence electrons. The van der Waals surface area contributed by atoms with Crippen LogP contribution >= 0.6 is 15.9 Å². The van der Waals surface area contributed by atoms with Crippen molar-refractivity contribution in [1.29, 1.82) is 0 Å². The number of rotatable bonds is 4. The molecule has 1 aliphatic heterocycles. The van der Waals surface area contributed by atoms with Gasteiger partial charge in [-0.25, -0.2) is 4.39 Å². The van der Waals surface area contributed by atoms with Gasteiger partial charge >= 0.3 is 0 Å². The number of ether oxygens (including phenoxy) is 1. The Morgan fingerprint density at radius 2 is 2.37 bits per heavy atom. The van der Waals surface area contributed by atoms with Crippen molar-refractivity contribution >= 4 is 21.7 Å². The quantitative estimate of drug-likeness (QED) is 0.795. The number of ketones is 1. The molecule has 1 heterocycles. The van der Waals surface area contributed by atoms with Crippen LogP contribution in [0.5, 0.6) is 0 Å². The highest BCUT2D eigenvalue weighted by Crippen LogP contribution is 2.19. The van der Waals surface area contributed by atoms with Gasteiger partial charge < -0.3 is 4.74 Å². The second kappa shape index (κ2) is 6.59. The van der Waals surface area contributed by atoms with Gasteiger partial charge in [0.25, 0.3) is 0 Å². The average Bonchev–Trinajstić information content (AvgIpc) is 2.41. The van der Waals surface area contributed by atoms with E-state index in [4.69, 9.17) is 4.74 Å². The molecule has 0 amide bonds. The zero-order valence-electron chi connectivity index (χ0n) is 10.9. The van der Waals surface area contributed by atoms with E-state index in [1.807, 2.05) is 0 Å². The van der Waals surface area contributed by atoms with Crippen molar-refractivity contribution in [2.75, 3.05) is 26.2 Å². The van der Waals surface area contributed by atoms with E-state index in [2.05, 4.69) is 27.8 Å². The molecule has 0 bridgehead atoms. The smallest absolute Gasteiger partial charge is 0.195 e. The van der Waals surface area contributed by atoms with Gasteiger partial charge in [0, 0.05) is 17.6 Å². The summed E-state index contributed by atoms with van der Waals surface area (Å²) >= 11 is 3.26. The standard InChI is InChI=1S/C14H17BrFNO2/c1-2-5-17-6-7-19-13(9-17)14(18)11-8-10(15)3-4-12(11)16/h3-4,8,13H,2,5-7,9H2,1H3. The molecule has 0 radical (unpaired) electrons. The molecule has 2 rings (SSSR count). The second-order valence-electron chi connectivity index (χ2n) is 4.65. The molecule has 0 N–H and O–H groups in total. The maximum atomic E-state index is 13.7. The van der Waals surface area contributed by atoms with Gasteiger partial charge in [-0.1, -0.05) is 22.9 Å². The van der Waals surface area contributed by atoms with Gasteiger partial charge in [-0.05, 0) is 31.2 Å². The van der Waals surface area contributed by atoms with Crippen LogP contribution in [0.2, 0.25) is 0 Å². The monoisotopic (exact) mass is 329 g/mol. The highest BCUT2D eigenvalue weighted by atomic mass is 79.9. The topological polar surface area (TPSA) is 29.5 Å². The van der Waals surface area contributed by atoms with Gasteiger partial charge in [0.2, 0.25) is 0 Å². The summed E-state index contributed by atoms with van der Waals surface area (Å²) < 4.78 is 19.9. The highest BCUT2D eigenvalue weighted by Gasteiger charge is 2.28. The molecule has 5 heteroatoms. The summed E-state index contributed by atoms with van der Waals surface area (Å²) in [6, 6.07) is 4.39. The zero-order chi connectivity index (χ0) is 13.8. The summed E-state index contributed by atoms with van der Waals surface area (Å²) in [4.78, 5) is 14.5. The van der Waals surface area contributed by atoms with Crippen molar-refractivity contribution in [3.63, 3.8) is 0 Å². The minimum Gasteiger partial charge on any atom is -0.367 e. The molecule has 1 aliphatic rings. The Labute approximate surface area is 120 Å². The molecule has 0 spiro atoms. The van der Waals surface area contributed by atoms with Crippen LogP contribution in [0.15, 0.2) is 22.7 Å². The first kappa shape index (κ1) is 14.6. The molecule has 0 aliphatic carbocycles. The molecule has 1 saturated heterocycles. The number of carbonyl (C=O) groups is 1. The van der Waals surface area contributed by atoms with E-state index in [1.165, 1.54) is 12.1 Å². The molecular formula is C14H17BrFNO2. The third-order valence-corrected chi connectivity index (χ3v) is 3.67. The minimum atomic E-state index is -0.566. The van der Waals surface area contributed by atoms with Crippen molar-refractivity contribution in [2.24, 2.45) is 0 Å². The van der Waals surface area contributed by atoms with Gasteiger partial charge in [-0.3, -0.25) is 9.69 Å². The molecule has 3 nitrogen and oxygen atoms in total. The predicted octanol–water partition coefficient (Wildman–Crippen LogP) is 2.88. The lowest BCUT2D eigenvalue weighted by Crippen LogP contribution is -2.46. The number of hydrogen-bond acceptors (Lipinski definition) is 3. The summed E-state index contributed by atoms with van der Waals surface area (Å²) in [6.07, 6.45) is 0.468. The fourth-order valence-electron chi connectivity index (χ4n) is 2.24. The van der Waals surface area contributed by atoms with Gasteiger partial charge in [0.15, 0.2) is 5.78 Å². The Hall–Kier alpha value is -0.780. The van der Waals surface area contributed by atoms with Gasteiger partial charge in [-0.2, -0.15) is 0 Å². The second-order valence-corrected chi connectivity index (χ2v) is 5.56. The molecule has 1 aromatic carbocycles. The van der Waals surface area contributed by atoms with Gasteiger partial charge in [0.05, 0.1) is 12.2 Å². The number of nitrogens with zero attached hydrogens (tertiary/aromatic N) is 1. The fraction of sp³-hybridized carbons (Fsp3) is 0.500. The van der Waals surface area contributed by atoms with E-state index in [0.29, 0.717) is 17.6 Å². The van der Waals surface area contributed by atoms with E-state index in [0.717, 1.165) is 19.5 Å². The highest BCUT2D eigenvalue weighted by molar-refractivity contribution is 9.10. The van der Waals surface area contributed by atoms with Crippen LogP contribution in [0, 0.1) is 5.82 Å². The first-order valence-electron chi connectivity index (χ1n) is 6.45. The first-order chi connectivity index (χ1) is 9.11. The normalized spacial score (nSPS) is 20.5. The number of Topliss-reactive ketones (excluding diaryl/α,β-unsaturated/α-hetero) is 1. The lowest BCUT2D eigenvalue weighted by atomic mass is 10.0. The van der Waals surface area contributed by atoms with Crippen LogP contribution in [0.4, 0.5) is 4.39 Å². The molecule has 1 unspecified atom stereocenters. The number of carbonyl (C=O) groups excluding carboxylic acids is 1. The van der Waals surface area contributed by atoms with Gasteiger partial charge in [0.1, 0.15) is 11.9 Å². The minimum absolute atomic E-state index is 0.0951. The summed E-state index contributed by atoms with van der Waals surface area (Å²) in [7, 11) is 0. The van der Waals surface area contributed by atoms with E-state index in [-0.39, 0.29) is 11.3 Å². The van der Waals surface area contributed by atoms with E-state index in [1.54, 1.807) is 6.07 Å².